The van der Waals surface area contributed by atoms with E-state index in [1.54, 1.807) is 18.2 Å². The molecular formula is C13H6Cl2FNO. The van der Waals surface area contributed by atoms with Crippen molar-refractivity contribution in [3.63, 3.8) is 0 Å². The van der Waals surface area contributed by atoms with Crippen molar-refractivity contribution in [1.29, 1.82) is 0 Å². The van der Waals surface area contributed by atoms with Crippen LogP contribution in [0.25, 0.3) is 0 Å². The number of aliphatic imine (C=N–C) groups is 1. The zero-order chi connectivity index (χ0) is 12.7. The molecule has 3 rings (SSSR count). The third kappa shape index (κ3) is 1.96. The highest BCUT2D eigenvalue weighted by molar-refractivity contribution is 6.70. The second-order valence-corrected chi connectivity index (χ2v) is 4.55. The first-order valence-corrected chi connectivity index (χ1v) is 5.90. The zero-order valence-corrected chi connectivity index (χ0v) is 10.5. The van der Waals surface area contributed by atoms with E-state index in [1.807, 2.05) is 0 Å². The smallest absolute Gasteiger partial charge is 0.153 e. The van der Waals surface area contributed by atoms with E-state index < -0.39 is 5.82 Å². The van der Waals surface area contributed by atoms with Gasteiger partial charge < -0.3 is 4.74 Å². The number of nitrogens with zero attached hydrogens (tertiary/aromatic N) is 1. The van der Waals surface area contributed by atoms with Crippen LogP contribution >= 0.6 is 23.2 Å². The van der Waals surface area contributed by atoms with Gasteiger partial charge in [-0.1, -0.05) is 23.2 Å². The fourth-order valence-electron chi connectivity index (χ4n) is 1.70. The molecule has 18 heavy (non-hydrogen) atoms. The molecule has 2 nitrogen and oxygen atoms in total. The molecule has 0 saturated carbocycles. The number of rotatable bonds is 0. The second kappa shape index (κ2) is 4.26. The SMILES string of the molecule is Fc1ccc2c(c1)N=C(Cl)c1cc(Cl)ccc1O2. The van der Waals surface area contributed by atoms with Crippen LogP contribution in [-0.2, 0) is 0 Å². The Bertz CT molecular complexity index is 670. The molecule has 2 aromatic rings. The molecule has 2 aromatic carbocycles. The molecule has 0 unspecified atom stereocenters. The van der Waals surface area contributed by atoms with Gasteiger partial charge in [-0.15, -0.1) is 0 Å². The fraction of sp³-hybridized carbons (Fsp3) is 0. The quantitative estimate of drug-likeness (QED) is 0.673. The molecule has 90 valence electrons. The summed E-state index contributed by atoms with van der Waals surface area (Å²) in [6.07, 6.45) is 0. The minimum absolute atomic E-state index is 0.219. The van der Waals surface area contributed by atoms with Crippen molar-refractivity contribution in [2.45, 2.75) is 0 Å². The molecule has 0 spiro atoms. The summed E-state index contributed by atoms with van der Waals surface area (Å²) in [7, 11) is 0. The maximum Gasteiger partial charge on any atom is 0.153 e. The Kier molecular flexibility index (Phi) is 2.73. The highest BCUT2D eigenvalue weighted by Gasteiger charge is 2.17. The van der Waals surface area contributed by atoms with Crippen LogP contribution in [0.15, 0.2) is 41.4 Å². The number of halogens is 3. The van der Waals surface area contributed by atoms with Crippen LogP contribution in [-0.4, -0.2) is 5.17 Å². The van der Waals surface area contributed by atoms with Gasteiger partial charge >= 0.3 is 0 Å². The third-order valence-corrected chi connectivity index (χ3v) is 3.05. The van der Waals surface area contributed by atoms with E-state index >= 15 is 0 Å². The number of hydrogen-bond donors (Lipinski definition) is 0. The first-order valence-electron chi connectivity index (χ1n) is 5.15. The Morgan fingerprint density at radius 2 is 1.78 bits per heavy atom. The van der Waals surface area contributed by atoms with E-state index in [-0.39, 0.29) is 5.17 Å². The summed E-state index contributed by atoms with van der Waals surface area (Å²) >= 11 is 12.0. The van der Waals surface area contributed by atoms with Gasteiger partial charge in [0.05, 0.1) is 5.56 Å². The van der Waals surface area contributed by atoms with Crippen LogP contribution < -0.4 is 4.74 Å². The minimum atomic E-state index is -0.394. The molecule has 0 saturated heterocycles. The van der Waals surface area contributed by atoms with Crippen molar-refractivity contribution in [2.75, 3.05) is 0 Å². The lowest BCUT2D eigenvalue weighted by atomic mass is 10.2. The monoisotopic (exact) mass is 281 g/mol. The second-order valence-electron chi connectivity index (χ2n) is 3.76. The fourth-order valence-corrected chi connectivity index (χ4v) is 2.11. The Morgan fingerprint density at radius 3 is 2.61 bits per heavy atom. The number of ether oxygens (including phenoxy) is 1. The van der Waals surface area contributed by atoms with Gasteiger partial charge in [0.15, 0.2) is 5.75 Å². The first-order chi connectivity index (χ1) is 8.63. The summed E-state index contributed by atoms with van der Waals surface area (Å²) in [6, 6.07) is 9.15. The molecule has 1 aliphatic heterocycles. The highest BCUT2D eigenvalue weighted by Crippen LogP contribution is 2.39. The lowest BCUT2D eigenvalue weighted by molar-refractivity contribution is 0.483. The number of hydrogen-bond acceptors (Lipinski definition) is 2. The third-order valence-electron chi connectivity index (χ3n) is 2.52. The van der Waals surface area contributed by atoms with Gasteiger partial charge in [-0.05, 0) is 30.3 Å². The summed E-state index contributed by atoms with van der Waals surface area (Å²) in [5.41, 5.74) is 0.938. The van der Waals surface area contributed by atoms with Crippen molar-refractivity contribution in [3.05, 3.63) is 52.8 Å². The predicted octanol–water partition coefficient (Wildman–Crippen LogP) is 4.90. The van der Waals surface area contributed by atoms with Gasteiger partial charge in [-0.2, -0.15) is 0 Å². The van der Waals surface area contributed by atoms with Crippen LogP contribution in [0.5, 0.6) is 11.5 Å². The maximum absolute atomic E-state index is 13.2. The summed E-state index contributed by atoms with van der Waals surface area (Å²) in [4.78, 5) is 4.14. The normalized spacial score (nSPS) is 12.9. The Balaban J connectivity index is 2.23. The molecule has 1 heterocycles. The van der Waals surface area contributed by atoms with Crippen molar-refractivity contribution in [2.24, 2.45) is 4.99 Å². The van der Waals surface area contributed by atoms with E-state index in [1.165, 1.54) is 18.2 Å². The van der Waals surface area contributed by atoms with Crippen molar-refractivity contribution in [1.82, 2.24) is 0 Å². The van der Waals surface area contributed by atoms with E-state index in [9.17, 15) is 4.39 Å². The maximum atomic E-state index is 13.2. The molecular weight excluding hydrogens is 276 g/mol. The summed E-state index contributed by atoms with van der Waals surface area (Å²) in [6.45, 7) is 0. The van der Waals surface area contributed by atoms with Gasteiger partial charge in [0.25, 0.3) is 0 Å². The van der Waals surface area contributed by atoms with Gasteiger partial charge in [-0.3, -0.25) is 0 Å². The average Bonchev–Trinajstić information content (AvgIpc) is 2.46. The van der Waals surface area contributed by atoms with E-state index in [0.717, 1.165) is 0 Å². The molecule has 0 radical (unpaired) electrons. The average molecular weight is 282 g/mol. The molecule has 0 atom stereocenters. The molecule has 0 aromatic heterocycles. The van der Waals surface area contributed by atoms with E-state index in [0.29, 0.717) is 27.8 Å². The van der Waals surface area contributed by atoms with Gasteiger partial charge in [0, 0.05) is 11.1 Å². The van der Waals surface area contributed by atoms with Crippen molar-refractivity contribution in [3.8, 4) is 11.5 Å². The summed E-state index contributed by atoms with van der Waals surface area (Å²) < 4.78 is 18.8. The molecule has 0 bridgehead atoms. The summed E-state index contributed by atoms with van der Waals surface area (Å²) in [5, 5.41) is 0.750. The van der Waals surface area contributed by atoms with Gasteiger partial charge in [0.1, 0.15) is 22.4 Å². The highest BCUT2D eigenvalue weighted by atomic mass is 35.5. The van der Waals surface area contributed by atoms with Crippen molar-refractivity contribution >= 4 is 34.1 Å². The van der Waals surface area contributed by atoms with Crippen molar-refractivity contribution < 1.29 is 9.13 Å². The van der Waals surface area contributed by atoms with Crippen LogP contribution in [0.1, 0.15) is 5.56 Å². The first kappa shape index (κ1) is 11.5. The van der Waals surface area contributed by atoms with Crippen LogP contribution in [0.4, 0.5) is 10.1 Å². The Morgan fingerprint density at radius 1 is 1.00 bits per heavy atom. The molecule has 0 fully saturated rings. The van der Waals surface area contributed by atoms with E-state index in [4.69, 9.17) is 27.9 Å². The molecule has 0 aliphatic carbocycles. The molecule has 0 amide bonds. The number of fused-ring (bicyclic) bond motifs is 2. The lowest BCUT2D eigenvalue weighted by Gasteiger charge is -2.07. The topological polar surface area (TPSA) is 21.6 Å². The van der Waals surface area contributed by atoms with Crippen LogP contribution in [0, 0.1) is 5.82 Å². The Labute approximate surface area is 113 Å². The lowest BCUT2D eigenvalue weighted by Crippen LogP contribution is -1.92. The van der Waals surface area contributed by atoms with E-state index in [2.05, 4.69) is 4.99 Å². The zero-order valence-electron chi connectivity index (χ0n) is 8.95. The summed E-state index contributed by atoms with van der Waals surface area (Å²) in [5.74, 6) is 0.601. The minimum Gasteiger partial charge on any atom is -0.454 e. The van der Waals surface area contributed by atoms with Gasteiger partial charge in [0.2, 0.25) is 0 Å². The largest absolute Gasteiger partial charge is 0.454 e. The van der Waals surface area contributed by atoms with Crippen LogP contribution in [0.2, 0.25) is 5.02 Å². The Hall–Kier alpha value is -1.58. The molecule has 1 aliphatic rings. The number of benzene rings is 2. The molecule has 0 N–H and O–H groups in total. The van der Waals surface area contributed by atoms with Crippen LogP contribution in [0.3, 0.4) is 0 Å². The standard InChI is InChI=1S/C13H6Cl2FNO/c14-7-1-3-11-9(5-7)13(15)17-10-6-8(16)2-4-12(10)18-11/h1-6H. The predicted molar refractivity (Wildman–Crippen MR) is 70.0 cm³/mol. The molecule has 5 heteroatoms. The van der Waals surface area contributed by atoms with Gasteiger partial charge in [-0.25, -0.2) is 9.38 Å².